The summed E-state index contributed by atoms with van der Waals surface area (Å²) >= 11 is 0. The lowest BCUT2D eigenvalue weighted by atomic mass is 10.2. The zero-order valence-electron chi connectivity index (χ0n) is 12.5. The number of hydrogen-bond acceptors (Lipinski definition) is 8. The van der Waals surface area contributed by atoms with E-state index in [-0.39, 0.29) is 17.1 Å². The van der Waals surface area contributed by atoms with Crippen LogP contribution in [0.1, 0.15) is 20.8 Å². The minimum atomic E-state index is -0.747. The molecule has 23 heavy (non-hydrogen) atoms. The summed E-state index contributed by atoms with van der Waals surface area (Å²) in [5.74, 6) is -2.10. The van der Waals surface area contributed by atoms with Crippen molar-refractivity contribution < 1.29 is 24.7 Å². The molecule has 0 aliphatic rings. The number of aromatic hydroxyl groups is 1. The summed E-state index contributed by atoms with van der Waals surface area (Å²) in [4.78, 5) is 32.5. The fourth-order valence-electron chi connectivity index (χ4n) is 1.57. The number of hydrogen-bond donors (Lipinski definition) is 3. The molecular weight excluding hydrogens is 308 g/mol. The van der Waals surface area contributed by atoms with Crippen molar-refractivity contribution >= 4 is 28.8 Å². The van der Waals surface area contributed by atoms with E-state index >= 15 is 0 Å². The number of nitro groups is 1. The van der Waals surface area contributed by atoms with Gasteiger partial charge in [0.05, 0.1) is 10.6 Å². The number of carbonyl (C=O) groups is 2. The van der Waals surface area contributed by atoms with E-state index in [0.717, 1.165) is 26.0 Å². The molecule has 122 valence electrons. The standard InChI is InChI=1S/C13H14N4O6/c1-6(18)12(7(2)19)16-15-11-5-9(17(22)23)4-10(13(11)21)14-8(3)20/h4-5,18,21H,1-3H3,(H,14,20)/b12-6+,16-15+. The van der Waals surface area contributed by atoms with E-state index in [2.05, 4.69) is 15.5 Å². The number of aliphatic hydroxyl groups is 1. The molecule has 10 heteroatoms. The number of aliphatic hydroxyl groups excluding tert-OH is 1. The monoisotopic (exact) mass is 322 g/mol. The summed E-state index contributed by atoms with van der Waals surface area (Å²) in [6.07, 6.45) is 0. The number of phenolic OH excluding ortho intramolecular Hbond substituents is 1. The normalized spacial score (nSPS) is 12.0. The smallest absolute Gasteiger partial charge is 0.274 e. The molecule has 1 rings (SSSR count). The van der Waals surface area contributed by atoms with Gasteiger partial charge >= 0.3 is 0 Å². The third-order valence-corrected chi connectivity index (χ3v) is 2.53. The Kier molecular flexibility index (Phi) is 5.49. The van der Waals surface area contributed by atoms with Crippen LogP contribution in [0.5, 0.6) is 5.75 Å². The predicted octanol–water partition coefficient (Wildman–Crippen LogP) is 2.72. The fraction of sp³-hybridized carbons (Fsp3) is 0.231. The number of ketones is 1. The number of non-ortho nitro benzene ring substituents is 1. The third-order valence-electron chi connectivity index (χ3n) is 2.53. The average molecular weight is 322 g/mol. The van der Waals surface area contributed by atoms with Gasteiger partial charge in [-0.15, -0.1) is 10.2 Å². The Bertz CT molecular complexity index is 734. The van der Waals surface area contributed by atoms with Crippen LogP contribution in [0.4, 0.5) is 17.1 Å². The first-order valence-electron chi connectivity index (χ1n) is 6.25. The largest absolute Gasteiger partial charge is 0.510 e. The lowest BCUT2D eigenvalue weighted by molar-refractivity contribution is -0.384. The fourth-order valence-corrected chi connectivity index (χ4v) is 1.57. The van der Waals surface area contributed by atoms with Gasteiger partial charge in [-0.2, -0.15) is 0 Å². The number of anilines is 1. The Labute approximate surface area is 130 Å². The molecule has 0 unspecified atom stereocenters. The maximum absolute atomic E-state index is 11.3. The van der Waals surface area contributed by atoms with Gasteiger partial charge in [-0.1, -0.05) is 0 Å². The van der Waals surface area contributed by atoms with Gasteiger partial charge in [0.25, 0.3) is 5.69 Å². The Hall–Kier alpha value is -3.30. The first-order chi connectivity index (χ1) is 10.6. The highest BCUT2D eigenvalue weighted by Gasteiger charge is 2.17. The van der Waals surface area contributed by atoms with Crippen molar-refractivity contribution in [2.45, 2.75) is 20.8 Å². The number of benzene rings is 1. The minimum absolute atomic E-state index is 0.227. The number of carbonyl (C=O) groups excluding carboxylic acids is 2. The topological polar surface area (TPSA) is 154 Å². The number of phenols is 1. The van der Waals surface area contributed by atoms with Crippen LogP contribution in [0.2, 0.25) is 0 Å². The van der Waals surface area contributed by atoms with Gasteiger partial charge in [-0.25, -0.2) is 0 Å². The van der Waals surface area contributed by atoms with Crippen LogP contribution in [-0.2, 0) is 9.59 Å². The summed E-state index contributed by atoms with van der Waals surface area (Å²) in [6, 6.07) is 1.86. The molecule has 0 fully saturated rings. The van der Waals surface area contributed by atoms with E-state index in [1.54, 1.807) is 0 Å². The van der Waals surface area contributed by atoms with Crippen LogP contribution < -0.4 is 5.32 Å². The van der Waals surface area contributed by atoms with E-state index < -0.39 is 33.8 Å². The second-order valence-corrected chi connectivity index (χ2v) is 4.49. The van der Waals surface area contributed by atoms with Crippen LogP contribution in [0.15, 0.2) is 33.8 Å². The van der Waals surface area contributed by atoms with Gasteiger partial charge in [-0.05, 0) is 6.92 Å². The third kappa shape index (κ3) is 4.59. The quantitative estimate of drug-likeness (QED) is 0.189. The maximum Gasteiger partial charge on any atom is 0.274 e. The number of nitro benzene ring substituents is 1. The van der Waals surface area contributed by atoms with E-state index in [1.165, 1.54) is 6.92 Å². The number of amides is 1. The minimum Gasteiger partial charge on any atom is -0.510 e. The van der Waals surface area contributed by atoms with Crippen molar-refractivity contribution in [3.63, 3.8) is 0 Å². The molecule has 10 nitrogen and oxygen atoms in total. The van der Waals surface area contributed by atoms with Crippen LogP contribution in [-0.4, -0.2) is 26.8 Å². The highest BCUT2D eigenvalue weighted by molar-refractivity contribution is 5.93. The molecular formula is C13H14N4O6. The van der Waals surface area contributed by atoms with Crippen molar-refractivity contribution in [1.82, 2.24) is 0 Å². The van der Waals surface area contributed by atoms with Gasteiger partial charge in [0.15, 0.2) is 17.2 Å². The molecule has 0 atom stereocenters. The predicted molar refractivity (Wildman–Crippen MR) is 79.6 cm³/mol. The van der Waals surface area contributed by atoms with E-state index in [0.29, 0.717) is 0 Å². The van der Waals surface area contributed by atoms with Crippen LogP contribution in [0.25, 0.3) is 0 Å². The van der Waals surface area contributed by atoms with E-state index in [9.17, 15) is 29.9 Å². The second-order valence-electron chi connectivity index (χ2n) is 4.49. The summed E-state index contributed by atoms with van der Waals surface area (Å²) in [7, 11) is 0. The number of rotatable bonds is 5. The van der Waals surface area contributed by atoms with Crippen molar-refractivity contribution in [1.29, 1.82) is 0 Å². The molecule has 0 bridgehead atoms. The zero-order valence-corrected chi connectivity index (χ0v) is 12.5. The van der Waals surface area contributed by atoms with Crippen molar-refractivity contribution in [2.75, 3.05) is 5.32 Å². The summed E-state index contributed by atoms with van der Waals surface area (Å²) < 4.78 is 0. The summed E-state index contributed by atoms with van der Waals surface area (Å²) in [5, 5.41) is 39.4. The Morgan fingerprint density at radius 1 is 1.26 bits per heavy atom. The Balaban J connectivity index is 3.43. The molecule has 1 aromatic rings. The number of nitrogens with zero attached hydrogens (tertiary/aromatic N) is 3. The number of allylic oxidation sites excluding steroid dienone is 2. The summed E-state index contributed by atoms with van der Waals surface area (Å²) in [6.45, 7) is 3.51. The Morgan fingerprint density at radius 2 is 1.87 bits per heavy atom. The molecule has 0 aliphatic carbocycles. The van der Waals surface area contributed by atoms with Crippen LogP contribution in [0.3, 0.4) is 0 Å². The van der Waals surface area contributed by atoms with Crippen molar-refractivity contribution in [3.05, 3.63) is 33.7 Å². The van der Waals surface area contributed by atoms with Crippen LogP contribution in [0, 0.1) is 10.1 Å². The number of azo groups is 1. The van der Waals surface area contributed by atoms with Gasteiger partial charge in [-0.3, -0.25) is 19.7 Å². The van der Waals surface area contributed by atoms with Gasteiger partial charge in [0.1, 0.15) is 11.4 Å². The maximum atomic E-state index is 11.3. The highest BCUT2D eigenvalue weighted by atomic mass is 16.6. The molecule has 0 heterocycles. The molecule has 3 N–H and O–H groups in total. The van der Waals surface area contributed by atoms with Gasteiger partial charge < -0.3 is 15.5 Å². The van der Waals surface area contributed by atoms with E-state index in [1.807, 2.05) is 0 Å². The lowest BCUT2D eigenvalue weighted by Gasteiger charge is -2.07. The Morgan fingerprint density at radius 3 is 2.30 bits per heavy atom. The van der Waals surface area contributed by atoms with Crippen molar-refractivity contribution in [3.8, 4) is 5.75 Å². The van der Waals surface area contributed by atoms with E-state index in [4.69, 9.17) is 0 Å². The first kappa shape index (κ1) is 17.8. The molecule has 0 aliphatic heterocycles. The molecule has 0 aromatic heterocycles. The van der Waals surface area contributed by atoms with Crippen molar-refractivity contribution in [2.24, 2.45) is 10.2 Å². The SMILES string of the molecule is CC(=O)Nc1cc([N+](=O)[O-])cc(/N=N/C(C(C)=O)=C(\C)O)c1O. The lowest BCUT2D eigenvalue weighted by Crippen LogP contribution is -2.06. The first-order valence-corrected chi connectivity index (χ1v) is 6.25. The second kappa shape index (κ2) is 7.11. The molecule has 1 amide bonds. The summed E-state index contributed by atoms with van der Waals surface area (Å²) in [5.41, 5.74) is -1.38. The van der Waals surface area contributed by atoms with Gasteiger partial charge in [0.2, 0.25) is 5.91 Å². The highest BCUT2D eigenvalue weighted by Crippen LogP contribution is 2.39. The number of Topliss-reactive ketones (excluding diaryl/α,β-unsaturated/α-hetero) is 1. The average Bonchev–Trinajstić information content (AvgIpc) is 2.41. The zero-order chi connectivity index (χ0) is 17.7. The molecule has 0 spiro atoms. The van der Waals surface area contributed by atoms with Gasteiger partial charge in [0, 0.05) is 26.0 Å². The molecule has 0 saturated carbocycles. The van der Waals surface area contributed by atoms with Crippen LogP contribution >= 0.6 is 0 Å². The molecule has 0 radical (unpaired) electrons. The number of nitrogens with one attached hydrogen (secondary N) is 1. The molecule has 1 aromatic carbocycles. The molecule has 0 saturated heterocycles.